The second-order valence-corrected chi connectivity index (χ2v) is 8.34. The van der Waals surface area contributed by atoms with Crippen LogP contribution in [0.25, 0.3) is 0 Å². The van der Waals surface area contributed by atoms with Crippen molar-refractivity contribution in [3.05, 3.63) is 70.5 Å². The van der Waals surface area contributed by atoms with Crippen LogP contribution in [0.2, 0.25) is 0 Å². The highest BCUT2D eigenvalue weighted by Gasteiger charge is 2.14. The second kappa shape index (κ2) is 9.21. The minimum Gasteiger partial charge on any atom is -0.393 e. The molecule has 1 nitrogen and oxygen atoms in total. The van der Waals surface area contributed by atoms with Crippen LogP contribution in [-0.4, -0.2) is 11.2 Å². The molecule has 23 heavy (non-hydrogen) atoms. The number of rotatable bonds is 7. The number of aliphatic hydroxyl groups is 1. The van der Waals surface area contributed by atoms with Gasteiger partial charge in [-0.3, -0.25) is 0 Å². The SMILES string of the molecule is CC(C[C@H](O)C(C)C)=C(Sc1ccccc1)Sc1ccccc1. The van der Waals surface area contributed by atoms with Crippen molar-refractivity contribution in [2.24, 2.45) is 5.92 Å². The third kappa shape index (κ3) is 6.09. The van der Waals surface area contributed by atoms with Crippen LogP contribution in [0, 0.1) is 5.92 Å². The Hall–Kier alpha value is -1.16. The summed E-state index contributed by atoms with van der Waals surface area (Å²) in [5, 5.41) is 10.2. The lowest BCUT2D eigenvalue weighted by atomic mass is 10.0. The zero-order valence-corrected chi connectivity index (χ0v) is 15.5. The Kier molecular flexibility index (Phi) is 7.28. The molecule has 0 aromatic heterocycles. The van der Waals surface area contributed by atoms with Crippen molar-refractivity contribution < 1.29 is 5.11 Å². The molecule has 0 amide bonds. The number of aliphatic hydroxyl groups excluding tert-OH is 1. The van der Waals surface area contributed by atoms with Gasteiger partial charge in [0.2, 0.25) is 0 Å². The standard InChI is InChI=1S/C20H24OS2/c1-15(2)19(21)14-16(3)20(22-17-10-6-4-7-11-17)23-18-12-8-5-9-13-18/h4-13,15,19,21H,14H2,1-3H3/t19-/m0/s1. The minimum atomic E-state index is -0.294. The monoisotopic (exact) mass is 344 g/mol. The Bertz CT molecular complexity index is 577. The molecule has 0 radical (unpaired) electrons. The van der Waals surface area contributed by atoms with E-state index < -0.39 is 0 Å². The van der Waals surface area contributed by atoms with Crippen molar-refractivity contribution in [2.75, 3.05) is 0 Å². The maximum Gasteiger partial charge on any atom is 0.0600 e. The predicted molar refractivity (Wildman–Crippen MR) is 103 cm³/mol. The topological polar surface area (TPSA) is 20.2 Å². The smallest absolute Gasteiger partial charge is 0.0600 e. The first-order valence-corrected chi connectivity index (χ1v) is 9.53. The first-order valence-electron chi connectivity index (χ1n) is 7.90. The molecule has 0 spiro atoms. The fraction of sp³-hybridized carbons (Fsp3) is 0.300. The first-order chi connectivity index (χ1) is 11.1. The van der Waals surface area contributed by atoms with Crippen molar-refractivity contribution in [1.82, 2.24) is 0 Å². The van der Waals surface area contributed by atoms with Crippen LogP contribution >= 0.6 is 23.5 Å². The molecule has 122 valence electrons. The van der Waals surface area contributed by atoms with Gasteiger partial charge in [0.25, 0.3) is 0 Å². The predicted octanol–water partition coefficient (Wildman–Crippen LogP) is 6.21. The normalized spacial score (nSPS) is 12.2. The highest BCUT2D eigenvalue weighted by atomic mass is 32.2. The van der Waals surface area contributed by atoms with Crippen molar-refractivity contribution >= 4 is 23.5 Å². The molecule has 0 aliphatic heterocycles. The van der Waals surface area contributed by atoms with E-state index in [0.717, 1.165) is 0 Å². The molecule has 0 fully saturated rings. The maximum atomic E-state index is 10.2. The Labute approximate surface area is 148 Å². The van der Waals surface area contributed by atoms with Gasteiger partial charge < -0.3 is 5.11 Å². The number of hydrogen-bond acceptors (Lipinski definition) is 3. The largest absolute Gasteiger partial charge is 0.393 e. The van der Waals surface area contributed by atoms with Crippen LogP contribution < -0.4 is 0 Å². The van der Waals surface area contributed by atoms with Gasteiger partial charge in [-0.25, -0.2) is 0 Å². The summed E-state index contributed by atoms with van der Waals surface area (Å²) in [7, 11) is 0. The lowest BCUT2D eigenvalue weighted by Gasteiger charge is -2.17. The van der Waals surface area contributed by atoms with Crippen LogP contribution in [0.15, 0.2) is 80.3 Å². The van der Waals surface area contributed by atoms with Crippen LogP contribution in [0.1, 0.15) is 27.2 Å². The van der Waals surface area contributed by atoms with Gasteiger partial charge in [-0.1, -0.05) is 79.3 Å². The van der Waals surface area contributed by atoms with E-state index in [0.29, 0.717) is 6.42 Å². The Morgan fingerprint density at radius 1 is 0.870 bits per heavy atom. The van der Waals surface area contributed by atoms with E-state index in [2.05, 4.69) is 69.3 Å². The van der Waals surface area contributed by atoms with Crippen molar-refractivity contribution in [3.63, 3.8) is 0 Å². The first kappa shape index (κ1) is 18.2. The fourth-order valence-electron chi connectivity index (χ4n) is 2.02. The lowest BCUT2D eigenvalue weighted by Crippen LogP contribution is -2.14. The molecule has 2 rings (SSSR count). The highest BCUT2D eigenvalue weighted by molar-refractivity contribution is 8.22. The lowest BCUT2D eigenvalue weighted by molar-refractivity contribution is 0.125. The zero-order chi connectivity index (χ0) is 16.7. The van der Waals surface area contributed by atoms with E-state index in [1.54, 1.807) is 23.5 Å². The van der Waals surface area contributed by atoms with Gasteiger partial charge >= 0.3 is 0 Å². The summed E-state index contributed by atoms with van der Waals surface area (Å²) < 4.78 is 1.25. The fourth-order valence-corrected chi connectivity index (χ4v) is 4.29. The average molecular weight is 345 g/mol. The van der Waals surface area contributed by atoms with Crippen LogP contribution in [0.4, 0.5) is 0 Å². The minimum absolute atomic E-state index is 0.273. The summed E-state index contributed by atoms with van der Waals surface area (Å²) in [5.41, 5.74) is 1.24. The number of hydrogen-bond donors (Lipinski definition) is 1. The van der Waals surface area contributed by atoms with Crippen molar-refractivity contribution in [3.8, 4) is 0 Å². The van der Waals surface area contributed by atoms with Gasteiger partial charge in [-0.15, -0.1) is 0 Å². The number of benzene rings is 2. The molecule has 0 unspecified atom stereocenters. The molecular formula is C20H24OS2. The van der Waals surface area contributed by atoms with E-state index in [4.69, 9.17) is 0 Å². The third-order valence-corrected chi connectivity index (χ3v) is 6.12. The van der Waals surface area contributed by atoms with E-state index in [1.807, 2.05) is 12.1 Å². The summed E-state index contributed by atoms with van der Waals surface area (Å²) in [6, 6.07) is 20.8. The van der Waals surface area contributed by atoms with Gasteiger partial charge in [0, 0.05) is 14.0 Å². The molecule has 3 heteroatoms. The van der Waals surface area contributed by atoms with E-state index >= 15 is 0 Å². The van der Waals surface area contributed by atoms with Crippen LogP contribution in [0.3, 0.4) is 0 Å². The third-order valence-electron chi connectivity index (χ3n) is 3.54. The molecule has 2 aromatic rings. The molecule has 1 atom stereocenters. The molecule has 0 saturated heterocycles. The second-order valence-electron chi connectivity index (χ2n) is 5.91. The summed E-state index contributed by atoms with van der Waals surface area (Å²) in [6.45, 7) is 6.26. The summed E-state index contributed by atoms with van der Waals surface area (Å²) >= 11 is 3.55. The van der Waals surface area contributed by atoms with Gasteiger partial charge in [-0.05, 0) is 43.5 Å². The van der Waals surface area contributed by atoms with E-state index in [1.165, 1.54) is 19.6 Å². The summed E-state index contributed by atoms with van der Waals surface area (Å²) in [4.78, 5) is 2.45. The highest BCUT2D eigenvalue weighted by Crippen LogP contribution is 2.42. The molecular weight excluding hydrogens is 320 g/mol. The summed E-state index contributed by atoms with van der Waals surface area (Å²) in [6.07, 6.45) is 0.421. The van der Waals surface area contributed by atoms with E-state index in [9.17, 15) is 5.11 Å². The van der Waals surface area contributed by atoms with E-state index in [-0.39, 0.29) is 12.0 Å². The van der Waals surface area contributed by atoms with Gasteiger partial charge in [0.1, 0.15) is 0 Å². The average Bonchev–Trinajstić information content (AvgIpc) is 2.56. The Morgan fingerprint density at radius 3 is 1.70 bits per heavy atom. The molecule has 0 aliphatic rings. The van der Waals surface area contributed by atoms with Crippen molar-refractivity contribution in [2.45, 2.75) is 43.1 Å². The summed E-state index contributed by atoms with van der Waals surface area (Å²) in [5.74, 6) is 0.273. The van der Waals surface area contributed by atoms with Gasteiger partial charge in [-0.2, -0.15) is 0 Å². The molecule has 2 aromatic carbocycles. The maximum absolute atomic E-state index is 10.2. The molecule has 0 saturated carbocycles. The van der Waals surface area contributed by atoms with Gasteiger partial charge in [0.05, 0.1) is 6.10 Å². The van der Waals surface area contributed by atoms with Gasteiger partial charge in [0.15, 0.2) is 0 Å². The molecule has 1 N–H and O–H groups in total. The molecule has 0 aliphatic carbocycles. The molecule has 0 bridgehead atoms. The number of thioether (sulfide) groups is 2. The molecule has 0 heterocycles. The quantitative estimate of drug-likeness (QED) is 0.603. The van der Waals surface area contributed by atoms with Crippen molar-refractivity contribution in [1.29, 1.82) is 0 Å². The Morgan fingerprint density at radius 2 is 1.30 bits per heavy atom. The van der Waals surface area contributed by atoms with Crippen LogP contribution in [0.5, 0.6) is 0 Å². The Balaban J connectivity index is 2.22. The van der Waals surface area contributed by atoms with Crippen LogP contribution in [-0.2, 0) is 0 Å². The zero-order valence-electron chi connectivity index (χ0n) is 13.9.